The van der Waals surface area contributed by atoms with Gasteiger partial charge in [-0.05, 0) is 97.6 Å². The Balaban J connectivity index is 1.39. The van der Waals surface area contributed by atoms with E-state index in [0.717, 1.165) is 57.8 Å². The zero-order valence-corrected chi connectivity index (χ0v) is 25.1. The summed E-state index contributed by atoms with van der Waals surface area (Å²) >= 11 is 19.2. The molecule has 5 nitrogen and oxygen atoms in total. The van der Waals surface area contributed by atoms with Crippen molar-refractivity contribution in [3.63, 3.8) is 0 Å². The minimum Gasteiger partial charge on any atom is -0.459 e. The molecule has 2 aliphatic heterocycles. The lowest BCUT2D eigenvalue weighted by atomic mass is 9.91. The summed E-state index contributed by atoms with van der Waals surface area (Å²) in [5.74, 6) is 2.80. The van der Waals surface area contributed by atoms with Crippen LogP contribution < -0.4 is 15.1 Å². The largest absolute Gasteiger partial charge is 0.459 e. The second-order valence-corrected chi connectivity index (χ2v) is 12.4. The van der Waals surface area contributed by atoms with E-state index in [1.54, 1.807) is 6.20 Å². The van der Waals surface area contributed by atoms with Crippen molar-refractivity contribution in [2.45, 2.75) is 39.3 Å². The summed E-state index contributed by atoms with van der Waals surface area (Å²) in [7, 11) is 0. The number of furan rings is 1. The van der Waals surface area contributed by atoms with Gasteiger partial charge in [-0.15, -0.1) is 0 Å². The zero-order valence-electron chi connectivity index (χ0n) is 22.8. The molecule has 0 spiro atoms. The molecule has 0 bridgehead atoms. The minimum atomic E-state index is -0.271. The number of rotatable bonds is 5. The van der Waals surface area contributed by atoms with Gasteiger partial charge in [0, 0.05) is 35.6 Å². The summed E-state index contributed by atoms with van der Waals surface area (Å²) in [6.07, 6.45) is 3.05. The Morgan fingerprint density at radius 2 is 1.77 bits per heavy atom. The van der Waals surface area contributed by atoms with Crippen LogP contribution in [0.25, 0.3) is 11.3 Å². The van der Waals surface area contributed by atoms with E-state index in [1.807, 2.05) is 54.6 Å². The molecule has 0 saturated carbocycles. The molecule has 2 aliphatic rings. The number of halogens is 2. The number of thiocarbonyl (C=S) groups is 1. The van der Waals surface area contributed by atoms with E-state index in [0.29, 0.717) is 22.0 Å². The highest BCUT2D eigenvalue weighted by molar-refractivity contribution is 7.80. The maximum absolute atomic E-state index is 6.97. The van der Waals surface area contributed by atoms with Crippen molar-refractivity contribution >= 4 is 51.9 Å². The van der Waals surface area contributed by atoms with Gasteiger partial charge in [0.25, 0.3) is 0 Å². The van der Waals surface area contributed by atoms with Gasteiger partial charge >= 0.3 is 0 Å². The van der Waals surface area contributed by atoms with Crippen LogP contribution in [0.5, 0.6) is 0 Å². The summed E-state index contributed by atoms with van der Waals surface area (Å²) in [6, 6.07) is 21.5. The fourth-order valence-electron chi connectivity index (χ4n) is 6.20. The maximum Gasteiger partial charge on any atom is 0.174 e. The highest BCUT2D eigenvalue weighted by Gasteiger charge is 2.43. The molecule has 0 amide bonds. The number of aryl methyl sites for hydroxylation is 1. The molecular weight excluding hydrogens is 559 g/mol. The number of nitrogens with zero attached hydrogens (tertiary/aromatic N) is 3. The molecule has 0 aliphatic carbocycles. The topological polar surface area (TPSA) is 44.5 Å². The van der Waals surface area contributed by atoms with Crippen molar-refractivity contribution in [1.82, 2.24) is 10.3 Å². The van der Waals surface area contributed by atoms with E-state index in [9.17, 15) is 0 Å². The number of hydrogen-bond acceptors (Lipinski definition) is 4. The van der Waals surface area contributed by atoms with E-state index in [2.05, 4.69) is 53.0 Å². The van der Waals surface area contributed by atoms with E-state index < -0.39 is 0 Å². The van der Waals surface area contributed by atoms with Crippen LogP contribution in [0.1, 0.15) is 49.4 Å². The van der Waals surface area contributed by atoms with Gasteiger partial charge in [-0.25, -0.2) is 0 Å². The molecule has 206 valence electrons. The number of aromatic nitrogens is 1. The second-order valence-electron chi connectivity index (χ2n) is 11.1. The van der Waals surface area contributed by atoms with Crippen LogP contribution in [0.3, 0.4) is 0 Å². The third-order valence-electron chi connectivity index (χ3n) is 7.90. The van der Waals surface area contributed by atoms with Gasteiger partial charge in [-0.2, -0.15) is 0 Å². The molecule has 4 heterocycles. The lowest BCUT2D eigenvalue weighted by molar-refractivity contribution is 0.357. The van der Waals surface area contributed by atoms with Crippen molar-refractivity contribution in [1.29, 1.82) is 0 Å². The van der Waals surface area contributed by atoms with Gasteiger partial charge in [-0.3, -0.25) is 4.98 Å². The van der Waals surface area contributed by atoms with Crippen LogP contribution in [-0.4, -0.2) is 23.2 Å². The van der Waals surface area contributed by atoms with Gasteiger partial charge < -0.3 is 19.5 Å². The number of piperidine rings is 1. The lowest BCUT2D eigenvalue weighted by Gasteiger charge is -2.37. The Morgan fingerprint density at radius 3 is 2.50 bits per heavy atom. The molecule has 2 aromatic carbocycles. The van der Waals surface area contributed by atoms with E-state index in [4.69, 9.17) is 39.8 Å². The fraction of sp³-hybridized carbons (Fsp3) is 0.312. The molecule has 6 rings (SSSR count). The average molecular weight is 592 g/mol. The monoisotopic (exact) mass is 590 g/mol. The SMILES string of the molecule is Cc1ccc(Cl)cc1-c1ccc([C@H]2[C@H](c3ccccn3)NC(=S)N2c2ccc(N3C[C@H](C)C[C@H](C)C3)c(Cl)c2)o1. The number of hydrogen-bond donors (Lipinski definition) is 1. The first-order chi connectivity index (χ1) is 19.3. The molecule has 2 aromatic heterocycles. The first kappa shape index (κ1) is 27.1. The Labute approximate surface area is 251 Å². The smallest absolute Gasteiger partial charge is 0.174 e. The average Bonchev–Trinajstić information content (AvgIpc) is 3.54. The highest BCUT2D eigenvalue weighted by atomic mass is 35.5. The lowest BCUT2D eigenvalue weighted by Crippen LogP contribution is -2.38. The van der Waals surface area contributed by atoms with Crippen LogP contribution in [0.4, 0.5) is 11.4 Å². The van der Waals surface area contributed by atoms with Crippen molar-refractivity contribution in [3.05, 3.63) is 100.0 Å². The standard InChI is InChI=1S/C32H32Cl2N4OS/c1-19-14-20(2)18-37(17-19)27-10-9-23(16-25(27)34)38-31(30(36-32(38)40)26-6-4-5-13-35-26)29-12-11-28(39-29)24-15-22(33)8-7-21(24)3/h4-13,15-16,19-20,30-31H,14,17-18H2,1-3H3,(H,36,40)/t19-,20+,30-,31-/m0/s1. The molecule has 4 aromatic rings. The van der Waals surface area contributed by atoms with Crippen LogP contribution in [0, 0.1) is 18.8 Å². The molecule has 8 heteroatoms. The quantitative estimate of drug-likeness (QED) is 0.235. The number of anilines is 2. The predicted molar refractivity (Wildman–Crippen MR) is 168 cm³/mol. The van der Waals surface area contributed by atoms with E-state index >= 15 is 0 Å². The summed E-state index contributed by atoms with van der Waals surface area (Å²) in [5, 5.41) is 5.49. The Bertz CT molecular complexity index is 1530. The first-order valence-corrected chi connectivity index (χ1v) is 14.9. The maximum atomic E-state index is 6.97. The molecule has 4 atom stereocenters. The molecule has 2 saturated heterocycles. The number of pyridine rings is 1. The summed E-state index contributed by atoms with van der Waals surface area (Å²) in [4.78, 5) is 9.16. The van der Waals surface area contributed by atoms with Gasteiger partial charge in [0.2, 0.25) is 0 Å². The van der Waals surface area contributed by atoms with Crippen LogP contribution >= 0.6 is 35.4 Å². The molecule has 0 unspecified atom stereocenters. The van der Waals surface area contributed by atoms with Crippen molar-refractivity contribution in [3.8, 4) is 11.3 Å². The molecule has 0 radical (unpaired) electrons. The first-order valence-electron chi connectivity index (χ1n) is 13.7. The third kappa shape index (κ3) is 5.20. The Kier molecular flexibility index (Phi) is 7.51. The predicted octanol–water partition coefficient (Wildman–Crippen LogP) is 8.62. The molecule has 40 heavy (non-hydrogen) atoms. The summed E-state index contributed by atoms with van der Waals surface area (Å²) in [5.41, 5.74) is 4.91. The Morgan fingerprint density at radius 1 is 0.975 bits per heavy atom. The molecular formula is C32H32Cl2N4OS. The van der Waals surface area contributed by atoms with E-state index in [1.165, 1.54) is 6.42 Å². The molecule has 1 N–H and O–H groups in total. The summed E-state index contributed by atoms with van der Waals surface area (Å²) in [6.45, 7) is 8.69. The second kappa shape index (κ2) is 11.1. The van der Waals surface area contributed by atoms with Crippen LogP contribution in [0.2, 0.25) is 10.0 Å². The normalized spacial score (nSPS) is 23.0. The fourth-order valence-corrected chi connectivity index (χ4v) is 7.01. The van der Waals surface area contributed by atoms with Crippen LogP contribution in [-0.2, 0) is 0 Å². The van der Waals surface area contributed by atoms with Gasteiger partial charge in [-0.1, -0.05) is 49.2 Å². The van der Waals surface area contributed by atoms with Crippen molar-refractivity contribution in [2.75, 3.05) is 22.9 Å². The van der Waals surface area contributed by atoms with Crippen molar-refractivity contribution in [2.24, 2.45) is 11.8 Å². The van der Waals surface area contributed by atoms with Gasteiger partial charge in [0.15, 0.2) is 5.11 Å². The summed E-state index contributed by atoms with van der Waals surface area (Å²) < 4.78 is 6.55. The third-order valence-corrected chi connectivity index (χ3v) is 8.75. The van der Waals surface area contributed by atoms with E-state index in [-0.39, 0.29) is 12.1 Å². The Hall–Kier alpha value is -3.06. The van der Waals surface area contributed by atoms with Crippen LogP contribution in [0.15, 0.2) is 77.3 Å². The number of nitrogens with one attached hydrogen (secondary N) is 1. The van der Waals surface area contributed by atoms with Gasteiger partial charge in [0.1, 0.15) is 17.6 Å². The zero-order chi connectivity index (χ0) is 28.0. The highest BCUT2D eigenvalue weighted by Crippen LogP contribution is 2.45. The molecule has 2 fully saturated rings. The number of benzene rings is 2. The minimum absolute atomic E-state index is 0.213. The van der Waals surface area contributed by atoms with Crippen molar-refractivity contribution < 1.29 is 4.42 Å². The van der Waals surface area contributed by atoms with Gasteiger partial charge in [0.05, 0.1) is 22.4 Å².